The summed E-state index contributed by atoms with van der Waals surface area (Å²) in [6, 6.07) is 3.45. The second-order valence-corrected chi connectivity index (χ2v) is 9.74. The van der Waals surface area contributed by atoms with Crippen molar-refractivity contribution >= 4 is 34.9 Å². The molecule has 2 fully saturated rings. The molecule has 0 bridgehead atoms. The van der Waals surface area contributed by atoms with Gasteiger partial charge in [0.1, 0.15) is 23.0 Å². The summed E-state index contributed by atoms with van der Waals surface area (Å²) in [5, 5.41) is 0.280. The first kappa shape index (κ1) is 24.4. The number of fused-ring (bicyclic) bond motifs is 2. The molecule has 2 aromatic rings. The molecule has 1 aromatic heterocycles. The first-order valence-corrected chi connectivity index (χ1v) is 12.5. The Kier molecular flexibility index (Phi) is 6.53. The Bertz CT molecular complexity index is 1240. The predicted octanol–water partition coefficient (Wildman–Crippen LogP) is 2.67. The largest absolute Gasteiger partial charge is 0.489 e. The van der Waals surface area contributed by atoms with Gasteiger partial charge in [-0.1, -0.05) is 18.2 Å². The number of nitrogen functional groups attached to an aromatic ring is 1. The number of ether oxygens (including phenoxy) is 2. The van der Waals surface area contributed by atoms with E-state index in [2.05, 4.69) is 11.5 Å². The van der Waals surface area contributed by atoms with Crippen molar-refractivity contribution in [3.05, 3.63) is 46.5 Å². The molecule has 9 nitrogen and oxygen atoms in total. The number of aromatic nitrogens is 1. The van der Waals surface area contributed by atoms with Crippen molar-refractivity contribution in [3.8, 4) is 17.0 Å². The minimum Gasteiger partial charge on any atom is -0.489 e. The van der Waals surface area contributed by atoms with Crippen molar-refractivity contribution in [2.24, 2.45) is 0 Å². The number of piperazine rings is 1. The number of nitrogens with zero attached hydrogens (tertiary/aromatic N) is 4. The Morgan fingerprint density at radius 3 is 2.69 bits per heavy atom. The number of morpholine rings is 1. The van der Waals surface area contributed by atoms with Gasteiger partial charge < -0.3 is 29.9 Å². The lowest BCUT2D eigenvalue weighted by atomic mass is 9.98. The maximum absolute atomic E-state index is 14.0. The second-order valence-electron chi connectivity index (χ2n) is 9.36. The van der Waals surface area contributed by atoms with Crippen molar-refractivity contribution in [3.63, 3.8) is 0 Å². The molecule has 2 N–H and O–H groups in total. The van der Waals surface area contributed by atoms with Crippen LogP contribution in [-0.4, -0.2) is 85.2 Å². The SMILES string of the molecule is C=CC(=O)N1CCN2C(=O)c3c(N4CCOCC4)nc(-c4cc(N)cc(C)c4C)c(Cl)c3OC[C@H]2C1. The van der Waals surface area contributed by atoms with Crippen LogP contribution in [0.2, 0.25) is 5.02 Å². The molecule has 3 aliphatic rings. The molecule has 2 amide bonds. The summed E-state index contributed by atoms with van der Waals surface area (Å²) in [4.78, 5) is 36.7. The van der Waals surface area contributed by atoms with Crippen LogP contribution in [-0.2, 0) is 9.53 Å². The summed E-state index contributed by atoms with van der Waals surface area (Å²) >= 11 is 6.97. The lowest BCUT2D eigenvalue weighted by molar-refractivity contribution is -0.128. The van der Waals surface area contributed by atoms with Gasteiger partial charge in [0.15, 0.2) is 5.75 Å². The molecule has 190 valence electrons. The summed E-state index contributed by atoms with van der Waals surface area (Å²) in [6.07, 6.45) is 1.29. The van der Waals surface area contributed by atoms with Gasteiger partial charge in [-0.3, -0.25) is 9.59 Å². The maximum atomic E-state index is 14.0. The van der Waals surface area contributed by atoms with Gasteiger partial charge >= 0.3 is 0 Å². The number of amides is 2. The standard InChI is InChI=1S/C26H30ClN5O4/c1-4-20(33)31-5-6-32-18(13-31)14-36-24-21(26(32)34)25(30-7-9-35-10-8-30)29-23(22(24)27)19-12-17(28)11-15(2)16(19)3/h4,11-12,18H,1,5-10,13-14,28H2,2-3H3/t18-/m1/s1. The Labute approximate surface area is 215 Å². The zero-order valence-electron chi connectivity index (χ0n) is 20.6. The van der Waals surface area contributed by atoms with Gasteiger partial charge in [0.25, 0.3) is 5.91 Å². The van der Waals surface area contributed by atoms with E-state index in [9.17, 15) is 9.59 Å². The number of pyridine rings is 1. The van der Waals surface area contributed by atoms with Crippen LogP contribution in [0.15, 0.2) is 24.8 Å². The van der Waals surface area contributed by atoms with Crippen molar-refractivity contribution in [1.82, 2.24) is 14.8 Å². The topological polar surface area (TPSA) is 101 Å². The maximum Gasteiger partial charge on any atom is 0.261 e. The highest BCUT2D eigenvalue weighted by Crippen LogP contribution is 2.45. The molecular weight excluding hydrogens is 482 g/mol. The van der Waals surface area contributed by atoms with Crippen LogP contribution in [0, 0.1) is 13.8 Å². The van der Waals surface area contributed by atoms with E-state index in [1.807, 2.05) is 26.0 Å². The first-order chi connectivity index (χ1) is 17.3. The quantitative estimate of drug-likeness (QED) is 0.499. The fourth-order valence-electron chi connectivity index (χ4n) is 5.09. The molecule has 0 aliphatic carbocycles. The number of rotatable bonds is 3. The van der Waals surface area contributed by atoms with Crippen molar-refractivity contribution in [2.75, 3.05) is 63.2 Å². The minimum absolute atomic E-state index is 0.160. The number of benzene rings is 1. The molecule has 36 heavy (non-hydrogen) atoms. The lowest BCUT2D eigenvalue weighted by Gasteiger charge is -2.39. The minimum atomic E-state index is -0.309. The molecule has 1 aromatic carbocycles. The molecular formula is C26H30ClN5O4. The monoisotopic (exact) mass is 511 g/mol. The van der Waals surface area contributed by atoms with Crippen LogP contribution in [0.1, 0.15) is 21.5 Å². The summed E-state index contributed by atoms with van der Waals surface area (Å²) in [5.41, 5.74) is 10.5. The van der Waals surface area contributed by atoms with Crippen LogP contribution < -0.4 is 15.4 Å². The predicted molar refractivity (Wildman–Crippen MR) is 139 cm³/mol. The highest BCUT2D eigenvalue weighted by molar-refractivity contribution is 6.35. The van der Waals surface area contributed by atoms with E-state index in [4.69, 9.17) is 31.8 Å². The smallest absolute Gasteiger partial charge is 0.261 e. The Hall–Kier alpha value is -3.30. The number of carbonyl (C=O) groups excluding carboxylic acids is 2. The van der Waals surface area contributed by atoms with Crippen molar-refractivity contribution in [1.29, 1.82) is 0 Å². The number of halogens is 1. The summed E-state index contributed by atoms with van der Waals surface area (Å²) < 4.78 is 11.8. The number of anilines is 2. The first-order valence-electron chi connectivity index (χ1n) is 12.1. The zero-order chi connectivity index (χ0) is 25.6. The van der Waals surface area contributed by atoms with Crippen LogP contribution in [0.4, 0.5) is 11.5 Å². The van der Waals surface area contributed by atoms with Gasteiger partial charge in [-0.25, -0.2) is 4.98 Å². The van der Waals surface area contributed by atoms with Crippen LogP contribution >= 0.6 is 11.6 Å². The third kappa shape index (κ3) is 4.16. The molecule has 0 radical (unpaired) electrons. The normalized spacial score (nSPS) is 19.8. The fourth-order valence-corrected chi connectivity index (χ4v) is 5.38. The van der Waals surface area contributed by atoms with Gasteiger partial charge in [-0.05, 0) is 43.2 Å². The van der Waals surface area contributed by atoms with E-state index < -0.39 is 0 Å². The van der Waals surface area contributed by atoms with Crippen LogP contribution in [0.5, 0.6) is 5.75 Å². The highest BCUT2D eigenvalue weighted by atomic mass is 35.5. The number of carbonyl (C=O) groups is 2. The van der Waals surface area contributed by atoms with Crippen LogP contribution in [0.3, 0.4) is 0 Å². The average Bonchev–Trinajstić information content (AvgIpc) is 3.03. The number of aryl methyl sites for hydroxylation is 1. The van der Waals surface area contributed by atoms with E-state index in [0.717, 1.165) is 16.7 Å². The summed E-state index contributed by atoms with van der Waals surface area (Å²) in [6.45, 7) is 11.2. The van der Waals surface area contributed by atoms with E-state index in [1.54, 1.807) is 9.80 Å². The van der Waals surface area contributed by atoms with Gasteiger partial charge in [0, 0.05) is 44.0 Å². The molecule has 0 unspecified atom stereocenters. The summed E-state index contributed by atoms with van der Waals surface area (Å²) in [7, 11) is 0. The van der Waals surface area contributed by atoms with E-state index in [1.165, 1.54) is 6.08 Å². The van der Waals surface area contributed by atoms with Gasteiger partial charge in [-0.2, -0.15) is 0 Å². The molecule has 0 spiro atoms. The van der Waals surface area contributed by atoms with E-state index in [0.29, 0.717) is 74.4 Å². The molecule has 5 rings (SSSR count). The molecule has 0 saturated carbocycles. The molecule has 3 aliphatic heterocycles. The fraction of sp³-hybridized carbons (Fsp3) is 0.423. The third-order valence-corrected chi connectivity index (χ3v) is 7.55. The molecule has 1 atom stereocenters. The van der Waals surface area contributed by atoms with Crippen LogP contribution in [0.25, 0.3) is 11.3 Å². The molecule has 10 heteroatoms. The lowest BCUT2D eigenvalue weighted by Crippen LogP contribution is -2.57. The average molecular weight is 512 g/mol. The van der Waals surface area contributed by atoms with E-state index in [-0.39, 0.29) is 29.5 Å². The van der Waals surface area contributed by atoms with Gasteiger partial charge in [-0.15, -0.1) is 0 Å². The Morgan fingerprint density at radius 2 is 1.97 bits per heavy atom. The van der Waals surface area contributed by atoms with Gasteiger partial charge in [0.05, 0.1) is 24.9 Å². The zero-order valence-corrected chi connectivity index (χ0v) is 21.3. The number of hydrogen-bond acceptors (Lipinski definition) is 7. The third-order valence-electron chi connectivity index (χ3n) is 7.19. The second kappa shape index (κ2) is 9.63. The molecule has 2 saturated heterocycles. The Balaban J connectivity index is 1.66. The van der Waals surface area contributed by atoms with Gasteiger partial charge in [0.2, 0.25) is 5.91 Å². The highest BCUT2D eigenvalue weighted by Gasteiger charge is 2.40. The van der Waals surface area contributed by atoms with E-state index >= 15 is 0 Å². The van der Waals surface area contributed by atoms with Crippen molar-refractivity contribution in [2.45, 2.75) is 19.9 Å². The Morgan fingerprint density at radius 1 is 1.22 bits per heavy atom. The molecule has 4 heterocycles. The number of nitrogens with two attached hydrogens (primary N) is 1. The summed E-state index contributed by atoms with van der Waals surface area (Å²) in [5.74, 6) is 0.500. The number of hydrogen-bond donors (Lipinski definition) is 1. The van der Waals surface area contributed by atoms with Crippen molar-refractivity contribution < 1.29 is 19.1 Å².